The topological polar surface area (TPSA) is 66.4 Å². The van der Waals surface area contributed by atoms with E-state index in [4.69, 9.17) is 5.11 Å². The van der Waals surface area contributed by atoms with Crippen LogP contribution in [0.4, 0.5) is 0 Å². The van der Waals surface area contributed by atoms with Crippen LogP contribution in [0.5, 0.6) is 0 Å². The number of amides is 1. The number of thiophene rings is 1. The average Bonchev–Trinajstić information content (AvgIpc) is 2.72. The zero-order chi connectivity index (χ0) is 13.5. The van der Waals surface area contributed by atoms with Crippen LogP contribution in [-0.2, 0) is 9.59 Å². The van der Waals surface area contributed by atoms with Gasteiger partial charge in [0.15, 0.2) is 0 Å². The minimum Gasteiger partial charge on any atom is -0.480 e. The fourth-order valence-corrected chi connectivity index (χ4v) is 2.67. The van der Waals surface area contributed by atoms with Gasteiger partial charge in [0.25, 0.3) is 0 Å². The average molecular weight is 332 g/mol. The van der Waals surface area contributed by atoms with E-state index in [-0.39, 0.29) is 5.91 Å². The van der Waals surface area contributed by atoms with Crippen molar-refractivity contribution in [3.8, 4) is 0 Å². The smallest absolute Gasteiger partial charge is 0.326 e. The molecule has 98 valence electrons. The van der Waals surface area contributed by atoms with Crippen LogP contribution in [0.1, 0.15) is 24.6 Å². The maximum atomic E-state index is 11.5. The SMILES string of the molecule is CCC[C@H](NC(=O)/C=C/c1ccc(Br)s1)C(=O)O. The fraction of sp³-hybridized carbons (Fsp3) is 0.333. The summed E-state index contributed by atoms with van der Waals surface area (Å²) in [5.74, 6) is -1.39. The molecule has 1 rings (SSSR count). The van der Waals surface area contributed by atoms with Crippen LogP contribution in [0.2, 0.25) is 0 Å². The Kier molecular flexibility index (Phi) is 6.07. The lowest BCUT2D eigenvalue weighted by molar-refractivity contribution is -0.141. The molecule has 6 heteroatoms. The van der Waals surface area contributed by atoms with E-state index in [0.717, 1.165) is 8.66 Å². The molecule has 0 aromatic carbocycles. The second-order valence-corrected chi connectivity index (χ2v) is 6.16. The maximum absolute atomic E-state index is 11.5. The first kappa shape index (κ1) is 14.9. The molecule has 1 heterocycles. The van der Waals surface area contributed by atoms with Crippen LogP contribution >= 0.6 is 27.3 Å². The Balaban J connectivity index is 2.54. The van der Waals surface area contributed by atoms with E-state index in [1.165, 1.54) is 17.4 Å². The van der Waals surface area contributed by atoms with E-state index < -0.39 is 12.0 Å². The highest BCUT2D eigenvalue weighted by Gasteiger charge is 2.17. The van der Waals surface area contributed by atoms with Gasteiger partial charge in [0.1, 0.15) is 6.04 Å². The fourth-order valence-electron chi connectivity index (χ4n) is 1.34. The van der Waals surface area contributed by atoms with E-state index in [0.29, 0.717) is 12.8 Å². The van der Waals surface area contributed by atoms with Crippen molar-refractivity contribution in [2.75, 3.05) is 0 Å². The number of nitrogens with one attached hydrogen (secondary N) is 1. The highest BCUT2D eigenvalue weighted by Crippen LogP contribution is 2.22. The number of carbonyl (C=O) groups excluding carboxylic acids is 1. The summed E-state index contributed by atoms with van der Waals surface area (Å²) in [5.41, 5.74) is 0. The molecule has 0 aliphatic rings. The Morgan fingerprint density at radius 1 is 1.56 bits per heavy atom. The highest BCUT2D eigenvalue weighted by molar-refractivity contribution is 9.11. The zero-order valence-corrected chi connectivity index (χ0v) is 12.3. The number of carboxylic acid groups (broad SMARTS) is 1. The predicted molar refractivity (Wildman–Crippen MR) is 75.5 cm³/mol. The van der Waals surface area contributed by atoms with Crippen molar-refractivity contribution in [2.24, 2.45) is 0 Å². The molecular weight excluding hydrogens is 318 g/mol. The largest absolute Gasteiger partial charge is 0.480 e. The lowest BCUT2D eigenvalue weighted by Crippen LogP contribution is -2.39. The number of hydrogen-bond donors (Lipinski definition) is 2. The molecular formula is C12H14BrNO3S. The minimum atomic E-state index is -1.00. The standard InChI is InChI=1S/C12H14BrNO3S/c1-2-3-9(12(16)17)14-11(15)7-5-8-4-6-10(13)18-8/h4-7,9H,2-3H2,1H3,(H,14,15)(H,16,17)/b7-5+/t9-/m0/s1. The van der Waals surface area contributed by atoms with Crippen molar-refractivity contribution in [3.63, 3.8) is 0 Å². The molecule has 0 radical (unpaired) electrons. The Bertz CT molecular complexity index is 456. The maximum Gasteiger partial charge on any atom is 0.326 e. The summed E-state index contributed by atoms with van der Waals surface area (Å²) in [6.45, 7) is 1.88. The van der Waals surface area contributed by atoms with Gasteiger partial charge in [0.05, 0.1) is 3.79 Å². The quantitative estimate of drug-likeness (QED) is 0.787. The molecule has 0 fully saturated rings. The summed E-state index contributed by atoms with van der Waals surface area (Å²) in [6, 6.07) is 2.95. The van der Waals surface area contributed by atoms with Gasteiger partial charge >= 0.3 is 5.97 Å². The van der Waals surface area contributed by atoms with E-state index >= 15 is 0 Å². The first-order valence-electron chi connectivity index (χ1n) is 5.49. The summed E-state index contributed by atoms with van der Waals surface area (Å²) in [5, 5.41) is 11.4. The Hall–Kier alpha value is -1.14. The number of hydrogen-bond acceptors (Lipinski definition) is 3. The normalized spacial score (nSPS) is 12.6. The predicted octanol–water partition coefficient (Wildman–Crippen LogP) is 2.89. The number of aliphatic carboxylic acids is 1. The van der Waals surface area contributed by atoms with Crippen LogP contribution in [0, 0.1) is 0 Å². The lowest BCUT2D eigenvalue weighted by Gasteiger charge is -2.11. The molecule has 0 bridgehead atoms. The third-order valence-corrected chi connectivity index (χ3v) is 3.77. The first-order valence-corrected chi connectivity index (χ1v) is 7.10. The third kappa shape index (κ3) is 5.01. The van der Waals surface area contributed by atoms with Gasteiger partial charge in [-0.2, -0.15) is 0 Å². The molecule has 1 aromatic rings. The van der Waals surface area contributed by atoms with Crippen molar-refractivity contribution < 1.29 is 14.7 Å². The van der Waals surface area contributed by atoms with E-state index in [1.807, 2.05) is 19.1 Å². The summed E-state index contributed by atoms with van der Waals surface area (Å²) in [4.78, 5) is 23.3. The van der Waals surface area contributed by atoms with E-state index in [2.05, 4.69) is 21.2 Å². The van der Waals surface area contributed by atoms with Gasteiger partial charge in [-0.25, -0.2) is 4.79 Å². The Labute approximate surface area is 118 Å². The molecule has 0 aliphatic carbocycles. The number of carbonyl (C=O) groups is 2. The van der Waals surface area contributed by atoms with Crippen molar-refractivity contribution in [2.45, 2.75) is 25.8 Å². The number of carboxylic acids is 1. The van der Waals surface area contributed by atoms with Crippen molar-refractivity contribution in [3.05, 3.63) is 26.9 Å². The minimum absolute atomic E-state index is 0.389. The second-order valence-electron chi connectivity index (χ2n) is 3.66. The van der Waals surface area contributed by atoms with E-state index in [9.17, 15) is 9.59 Å². The molecule has 1 amide bonds. The van der Waals surface area contributed by atoms with Crippen molar-refractivity contribution in [1.29, 1.82) is 0 Å². The van der Waals surface area contributed by atoms with Gasteiger partial charge in [-0.3, -0.25) is 4.79 Å². The second kappa shape index (κ2) is 7.33. The van der Waals surface area contributed by atoms with Gasteiger partial charge in [-0.1, -0.05) is 13.3 Å². The molecule has 0 aliphatic heterocycles. The van der Waals surface area contributed by atoms with Crippen LogP contribution < -0.4 is 5.32 Å². The molecule has 0 saturated carbocycles. The van der Waals surface area contributed by atoms with Crippen LogP contribution in [0.15, 0.2) is 22.0 Å². The van der Waals surface area contributed by atoms with Gasteiger partial charge in [-0.15, -0.1) is 11.3 Å². The van der Waals surface area contributed by atoms with Crippen molar-refractivity contribution in [1.82, 2.24) is 5.32 Å². The monoisotopic (exact) mass is 331 g/mol. The van der Waals surface area contributed by atoms with E-state index in [1.54, 1.807) is 6.08 Å². The molecule has 0 saturated heterocycles. The molecule has 0 unspecified atom stereocenters. The molecule has 1 aromatic heterocycles. The van der Waals surface area contributed by atoms with Gasteiger partial charge in [0.2, 0.25) is 5.91 Å². The van der Waals surface area contributed by atoms with Crippen LogP contribution in [-0.4, -0.2) is 23.0 Å². The summed E-state index contributed by atoms with van der Waals surface area (Å²) < 4.78 is 0.983. The third-order valence-electron chi connectivity index (χ3n) is 2.18. The Morgan fingerprint density at radius 2 is 2.28 bits per heavy atom. The molecule has 18 heavy (non-hydrogen) atoms. The van der Waals surface area contributed by atoms with Gasteiger partial charge < -0.3 is 10.4 Å². The first-order chi connectivity index (χ1) is 8.52. The zero-order valence-electron chi connectivity index (χ0n) is 9.85. The summed E-state index contributed by atoms with van der Waals surface area (Å²) >= 11 is 4.82. The number of halogens is 1. The molecule has 0 spiro atoms. The van der Waals surface area contributed by atoms with Crippen LogP contribution in [0.25, 0.3) is 6.08 Å². The number of rotatable bonds is 6. The lowest BCUT2D eigenvalue weighted by atomic mass is 10.1. The molecule has 1 atom stereocenters. The van der Waals surface area contributed by atoms with Crippen LogP contribution in [0.3, 0.4) is 0 Å². The van der Waals surface area contributed by atoms with Gasteiger partial charge in [0, 0.05) is 11.0 Å². The molecule has 4 nitrogen and oxygen atoms in total. The highest BCUT2D eigenvalue weighted by atomic mass is 79.9. The summed E-state index contributed by atoms with van der Waals surface area (Å²) in [6.07, 6.45) is 4.15. The summed E-state index contributed by atoms with van der Waals surface area (Å²) in [7, 11) is 0. The Morgan fingerprint density at radius 3 is 2.78 bits per heavy atom. The molecule has 2 N–H and O–H groups in total. The van der Waals surface area contributed by atoms with Gasteiger partial charge in [-0.05, 0) is 40.6 Å². The van der Waals surface area contributed by atoms with Crippen molar-refractivity contribution >= 4 is 45.2 Å².